The van der Waals surface area contributed by atoms with Gasteiger partial charge in [0, 0.05) is 36.2 Å². The Balaban J connectivity index is 1.31. The fourth-order valence-electron chi connectivity index (χ4n) is 5.05. The predicted molar refractivity (Wildman–Crippen MR) is 137 cm³/mol. The van der Waals surface area contributed by atoms with E-state index in [9.17, 15) is 9.59 Å². The maximum atomic E-state index is 13.3. The van der Waals surface area contributed by atoms with E-state index in [1.165, 1.54) is 5.56 Å². The Morgan fingerprint density at radius 2 is 1.79 bits per heavy atom. The van der Waals surface area contributed by atoms with Gasteiger partial charge in [0.25, 0.3) is 0 Å². The summed E-state index contributed by atoms with van der Waals surface area (Å²) in [6.07, 6.45) is 5.37. The molecule has 2 saturated heterocycles. The maximum Gasteiger partial charge on any atom is 0.229 e. The zero-order valence-corrected chi connectivity index (χ0v) is 21.8. The van der Waals surface area contributed by atoms with E-state index in [-0.39, 0.29) is 23.3 Å². The first-order valence-corrected chi connectivity index (χ1v) is 13.1. The molecule has 1 spiro atoms. The number of aromatic nitrogens is 1. The molecule has 182 valence electrons. The van der Waals surface area contributed by atoms with Crippen LogP contribution in [0.5, 0.6) is 0 Å². The first kappa shape index (κ1) is 24.9. The summed E-state index contributed by atoms with van der Waals surface area (Å²) < 4.78 is 1.06. The number of carbonyl (C=O) groups excluding carboxylic acids is 2. The van der Waals surface area contributed by atoms with Crippen LogP contribution in [-0.2, 0) is 16.1 Å². The van der Waals surface area contributed by atoms with Crippen molar-refractivity contribution in [2.24, 2.45) is 11.3 Å². The van der Waals surface area contributed by atoms with Crippen molar-refractivity contribution in [3.8, 4) is 0 Å². The number of likely N-dealkylation sites (tertiary alicyclic amines) is 2. The summed E-state index contributed by atoms with van der Waals surface area (Å²) in [5.74, 6) is 0.316. The van der Waals surface area contributed by atoms with Crippen molar-refractivity contribution in [1.82, 2.24) is 20.1 Å². The van der Waals surface area contributed by atoms with Crippen LogP contribution in [0.1, 0.15) is 56.8 Å². The number of amides is 2. The monoisotopic (exact) mass is 526 g/mol. The van der Waals surface area contributed by atoms with Crippen molar-refractivity contribution in [2.75, 3.05) is 26.2 Å². The second-order valence-corrected chi connectivity index (χ2v) is 10.9. The quantitative estimate of drug-likeness (QED) is 0.547. The molecule has 1 aromatic heterocycles. The molecule has 1 unspecified atom stereocenters. The third-order valence-corrected chi connectivity index (χ3v) is 7.85. The Labute approximate surface area is 211 Å². The van der Waals surface area contributed by atoms with Gasteiger partial charge in [0.05, 0.1) is 17.2 Å². The fourth-order valence-corrected chi connectivity index (χ4v) is 5.31. The van der Waals surface area contributed by atoms with Crippen LogP contribution in [0, 0.1) is 11.3 Å². The molecule has 1 atom stereocenters. The van der Waals surface area contributed by atoms with Gasteiger partial charge in [-0.2, -0.15) is 0 Å². The van der Waals surface area contributed by atoms with Gasteiger partial charge in [-0.25, -0.2) is 0 Å². The largest absolute Gasteiger partial charge is 0.347 e. The number of hydrogen-bond acceptors (Lipinski definition) is 4. The molecule has 2 amide bonds. The van der Waals surface area contributed by atoms with Gasteiger partial charge in [0.2, 0.25) is 11.8 Å². The molecule has 0 radical (unpaired) electrons. The second kappa shape index (κ2) is 11.0. The molecular formula is C27H35BrN4O2. The second-order valence-electron chi connectivity index (χ2n) is 9.98. The molecule has 34 heavy (non-hydrogen) atoms. The third kappa shape index (κ3) is 5.87. The molecule has 1 aromatic carbocycles. The number of nitrogens with one attached hydrogen (secondary N) is 1. The van der Waals surface area contributed by atoms with Crippen LogP contribution in [0.4, 0.5) is 0 Å². The van der Waals surface area contributed by atoms with Crippen molar-refractivity contribution < 1.29 is 9.59 Å². The van der Waals surface area contributed by atoms with Crippen molar-refractivity contribution >= 4 is 27.7 Å². The number of rotatable bonds is 8. The predicted octanol–water partition coefficient (Wildman–Crippen LogP) is 4.56. The average Bonchev–Trinajstić information content (AvgIpc) is 3.14. The van der Waals surface area contributed by atoms with Gasteiger partial charge in [-0.1, -0.05) is 48.0 Å². The molecule has 2 fully saturated rings. The maximum absolute atomic E-state index is 13.3. The average molecular weight is 528 g/mol. The van der Waals surface area contributed by atoms with Crippen molar-refractivity contribution in [3.63, 3.8) is 0 Å². The zero-order chi connectivity index (χ0) is 24.1. The van der Waals surface area contributed by atoms with E-state index >= 15 is 0 Å². The van der Waals surface area contributed by atoms with Gasteiger partial charge in [-0.15, -0.1) is 0 Å². The summed E-state index contributed by atoms with van der Waals surface area (Å²) in [6.45, 7) is 8.08. The van der Waals surface area contributed by atoms with Crippen LogP contribution >= 0.6 is 15.9 Å². The van der Waals surface area contributed by atoms with Gasteiger partial charge in [-0.3, -0.25) is 14.6 Å². The Morgan fingerprint density at radius 3 is 2.44 bits per heavy atom. The Morgan fingerprint density at radius 1 is 1.09 bits per heavy atom. The van der Waals surface area contributed by atoms with Crippen molar-refractivity contribution in [3.05, 3.63) is 64.4 Å². The number of hydrogen-bond donors (Lipinski definition) is 1. The SMILES string of the molecule is CC(C)C(=O)NC(CCN1CCC2(CC1)CCN(Cc1ccc(Br)cc1)C2=O)c1ccccn1. The summed E-state index contributed by atoms with van der Waals surface area (Å²) in [7, 11) is 0. The highest BCUT2D eigenvalue weighted by atomic mass is 79.9. The van der Waals surface area contributed by atoms with Gasteiger partial charge < -0.3 is 15.1 Å². The molecule has 7 heteroatoms. The molecular weight excluding hydrogens is 492 g/mol. The number of piperidine rings is 1. The highest BCUT2D eigenvalue weighted by Crippen LogP contribution is 2.42. The third-order valence-electron chi connectivity index (χ3n) is 7.32. The van der Waals surface area contributed by atoms with Crippen LogP contribution in [0.15, 0.2) is 53.1 Å². The molecule has 1 N–H and O–H groups in total. The first-order valence-electron chi connectivity index (χ1n) is 12.3. The van der Waals surface area contributed by atoms with Crippen LogP contribution in [0.3, 0.4) is 0 Å². The number of pyridine rings is 1. The van der Waals surface area contributed by atoms with Crippen LogP contribution in [0.25, 0.3) is 0 Å². The first-order chi connectivity index (χ1) is 16.4. The van der Waals surface area contributed by atoms with E-state index < -0.39 is 0 Å². The number of carbonyl (C=O) groups is 2. The molecule has 3 heterocycles. The van der Waals surface area contributed by atoms with E-state index in [0.717, 1.165) is 62.0 Å². The van der Waals surface area contributed by atoms with Gasteiger partial charge >= 0.3 is 0 Å². The molecule has 0 aliphatic carbocycles. The number of nitrogens with zero attached hydrogens (tertiary/aromatic N) is 3. The molecule has 6 nitrogen and oxygen atoms in total. The minimum absolute atomic E-state index is 0.0515. The molecule has 2 aromatic rings. The van der Waals surface area contributed by atoms with E-state index in [0.29, 0.717) is 12.5 Å². The van der Waals surface area contributed by atoms with Crippen LogP contribution in [-0.4, -0.2) is 52.8 Å². The van der Waals surface area contributed by atoms with Crippen molar-refractivity contribution in [1.29, 1.82) is 0 Å². The minimum Gasteiger partial charge on any atom is -0.347 e. The molecule has 2 aliphatic heterocycles. The zero-order valence-electron chi connectivity index (χ0n) is 20.2. The summed E-state index contributed by atoms with van der Waals surface area (Å²) in [6, 6.07) is 14.0. The van der Waals surface area contributed by atoms with Crippen LogP contribution < -0.4 is 5.32 Å². The number of halogens is 1. The van der Waals surface area contributed by atoms with E-state index in [1.807, 2.05) is 49.1 Å². The molecule has 0 saturated carbocycles. The van der Waals surface area contributed by atoms with Crippen molar-refractivity contribution in [2.45, 2.75) is 52.1 Å². The highest BCUT2D eigenvalue weighted by molar-refractivity contribution is 9.10. The summed E-state index contributed by atoms with van der Waals surface area (Å²) in [4.78, 5) is 34.7. The van der Waals surface area contributed by atoms with Gasteiger partial charge in [0.15, 0.2) is 0 Å². The topological polar surface area (TPSA) is 65.5 Å². The van der Waals surface area contributed by atoms with E-state index in [4.69, 9.17) is 0 Å². The van der Waals surface area contributed by atoms with Gasteiger partial charge in [0.1, 0.15) is 0 Å². The lowest BCUT2D eigenvalue weighted by atomic mass is 9.77. The minimum atomic E-state index is -0.196. The molecule has 2 aliphatic rings. The smallest absolute Gasteiger partial charge is 0.229 e. The Kier molecular flexibility index (Phi) is 8.04. The number of benzene rings is 1. The lowest BCUT2D eigenvalue weighted by Crippen LogP contribution is -2.45. The van der Waals surface area contributed by atoms with Crippen LogP contribution in [0.2, 0.25) is 0 Å². The van der Waals surface area contributed by atoms with Gasteiger partial charge in [-0.05, 0) is 68.6 Å². The fraction of sp³-hybridized carbons (Fsp3) is 0.519. The summed E-state index contributed by atoms with van der Waals surface area (Å²) in [5.41, 5.74) is 1.88. The lowest BCUT2D eigenvalue weighted by molar-refractivity contribution is -0.139. The Hall–Kier alpha value is -2.25. The molecule has 4 rings (SSSR count). The van der Waals surface area contributed by atoms with E-state index in [1.54, 1.807) is 6.20 Å². The molecule has 0 bridgehead atoms. The van der Waals surface area contributed by atoms with E-state index in [2.05, 4.69) is 43.3 Å². The highest BCUT2D eigenvalue weighted by Gasteiger charge is 2.47. The lowest BCUT2D eigenvalue weighted by Gasteiger charge is -2.38. The standard InChI is InChI=1S/C27H35BrN4O2/c1-20(2)25(33)30-24(23-5-3-4-14-29-23)10-15-31-16-11-27(12-17-31)13-18-32(26(27)34)19-21-6-8-22(28)9-7-21/h3-9,14,20,24H,10-13,15-19H2,1-2H3,(H,30,33). The normalized spacial score (nSPS) is 19.1. The summed E-state index contributed by atoms with van der Waals surface area (Å²) >= 11 is 3.48. The summed E-state index contributed by atoms with van der Waals surface area (Å²) in [5, 5.41) is 3.17. The Bertz CT molecular complexity index is 972.